The van der Waals surface area contributed by atoms with Crippen LogP contribution in [0.1, 0.15) is 24.6 Å². The predicted octanol–water partition coefficient (Wildman–Crippen LogP) is 1.61. The van der Waals surface area contributed by atoms with E-state index < -0.39 is 0 Å². The fourth-order valence-corrected chi connectivity index (χ4v) is 1.25. The van der Waals surface area contributed by atoms with Crippen molar-refractivity contribution in [3.63, 3.8) is 0 Å². The molecule has 0 aliphatic carbocycles. The number of aromatic nitrogens is 1. The maximum Gasteiger partial charge on any atom is 0.124 e. The average molecular weight is 150 g/mol. The number of allylic oxidation sites excluding steroid dienone is 1. The lowest BCUT2D eigenvalue weighted by Gasteiger charge is -2.16. The lowest BCUT2D eigenvalue weighted by atomic mass is 10.1. The van der Waals surface area contributed by atoms with Crippen molar-refractivity contribution in [2.75, 3.05) is 0 Å². The van der Waals surface area contributed by atoms with Gasteiger partial charge in [0.2, 0.25) is 0 Å². The van der Waals surface area contributed by atoms with Crippen LogP contribution in [-0.2, 0) is 0 Å². The Bertz CT molecular complexity index is 241. The van der Waals surface area contributed by atoms with Crippen molar-refractivity contribution in [3.8, 4) is 0 Å². The van der Waals surface area contributed by atoms with E-state index in [1.165, 1.54) is 0 Å². The largest absolute Gasteiger partial charge is 0.383 e. The van der Waals surface area contributed by atoms with Gasteiger partial charge >= 0.3 is 0 Å². The Balaban J connectivity index is 2.11. The van der Waals surface area contributed by atoms with Crippen molar-refractivity contribution in [1.29, 1.82) is 0 Å². The van der Waals surface area contributed by atoms with Gasteiger partial charge in [0.1, 0.15) is 12.0 Å². The number of rotatable bonds is 1. The van der Waals surface area contributed by atoms with Crippen LogP contribution in [0.2, 0.25) is 0 Å². The molecule has 1 aliphatic rings. The zero-order valence-electron chi connectivity index (χ0n) is 6.16. The van der Waals surface area contributed by atoms with Crippen molar-refractivity contribution in [3.05, 3.63) is 30.3 Å². The molecule has 1 aromatic heterocycles. The van der Waals surface area contributed by atoms with Gasteiger partial charge in [0.05, 0.1) is 6.04 Å². The van der Waals surface area contributed by atoms with Crippen molar-refractivity contribution in [1.82, 2.24) is 10.5 Å². The van der Waals surface area contributed by atoms with Gasteiger partial charge in [-0.25, -0.2) is 0 Å². The first-order valence-electron chi connectivity index (χ1n) is 3.78. The molecule has 0 fully saturated rings. The Kier molecular flexibility index (Phi) is 1.63. The SMILES string of the molecule is C1=CNC(c2ccon2)CC1. The molecule has 1 unspecified atom stereocenters. The fourth-order valence-electron chi connectivity index (χ4n) is 1.25. The number of nitrogens with zero attached hydrogens (tertiary/aromatic N) is 1. The lowest BCUT2D eigenvalue weighted by molar-refractivity contribution is 0.395. The minimum Gasteiger partial charge on any atom is -0.383 e. The van der Waals surface area contributed by atoms with Crippen LogP contribution < -0.4 is 5.32 Å². The van der Waals surface area contributed by atoms with Gasteiger partial charge in [0, 0.05) is 6.07 Å². The highest BCUT2D eigenvalue weighted by molar-refractivity contribution is 5.07. The van der Waals surface area contributed by atoms with Gasteiger partial charge in [-0.3, -0.25) is 0 Å². The van der Waals surface area contributed by atoms with E-state index in [2.05, 4.69) is 16.5 Å². The number of nitrogens with one attached hydrogen (secondary N) is 1. The summed E-state index contributed by atoms with van der Waals surface area (Å²) in [6.45, 7) is 0. The van der Waals surface area contributed by atoms with Crippen molar-refractivity contribution >= 4 is 0 Å². The third-order valence-electron chi connectivity index (χ3n) is 1.85. The lowest BCUT2D eigenvalue weighted by Crippen LogP contribution is -2.18. The molecule has 0 spiro atoms. The Morgan fingerprint density at radius 3 is 3.27 bits per heavy atom. The van der Waals surface area contributed by atoms with Crippen LogP contribution in [-0.4, -0.2) is 5.16 Å². The molecule has 0 saturated heterocycles. The standard InChI is InChI=1S/C8H10N2O/c1-2-5-9-7(3-1)8-4-6-11-10-8/h2,4-7,9H,1,3H2. The molecule has 0 amide bonds. The zero-order valence-corrected chi connectivity index (χ0v) is 6.16. The molecule has 0 aromatic carbocycles. The first-order chi connectivity index (χ1) is 5.47. The van der Waals surface area contributed by atoms with Crippen LogP contribution in [0.3, 0.4) is 0 Å². The molecule has 3 heteroatoms. The highest BCUT2D eigenvalue weighted by atomic mass is 16.5. The highest BCUT2D eigenvalue weighted by Gasteiger charge is 2.13. The Morgan fingerprint density at radius 2 is 2.64 bits per heavy atom. The minimum absolute atomic E-state index is 0.346. The molecular weight excluding hydrogens is 140 g/mol. The molecule has 1 aliphatic heterocycles. The summed E-state index contributed by atoms with van der Waals surface area (Å²) in [5.41, 5.74) is 0.995. The highest BCUT2D eigenvalue weighted by Crippen LogP contribution is 2.19. The van der Waals surface area contributed by atoms with E-state index in [4.69, 9.17) is 4.52 Å². The van der Waals surface area contributed by atoms with Gasteiger partial charge in [-0.05, 0) is 19.0 Å². The van der Waals surface area contributed by atoms with Crippen molar-refractivity contribution in [2.45, 2.75) is 18.9 Å². The minimum atomic E-state index is 0.346. The Hall–Kier alpha value is -1.25. The second-order valence-corrected chi connectivity index (χ2v) is 2.62. The van der Waals surface area contributed by atoms with E-state index in [0.29, 0.717) is 6.04 Å². The summed E-state index contributed by atoms with van der Waals surface area (Å²) < 4.78 is 4.75. The van der Waals surface area contributed by atoms with Crippen LogP contribution in [0, 0.1) is 0 Å². The summed E-state index contributed by atoms with van der Waals surface area (Å²) in [5.74, 6) is 0. The molecule has 1 atom stereocenters. The molecule has 0 radical (unpaired) electrons. The average Bonchev–Trinajstić information content (AvgIpc) is 2.58. The van der Waals surface area contributed by atoms with Gasteiger partial charge in [-0.1, -0.05) is 11.2 Å². The van der Waals surface area contributed by atoms with Crippen LogP contribution >= 0.6 is 0 Å². The van der Waals surface area contributed by atoms with Gasteiger partial charge in [-0.15, -0.1) is 0 Å². The van der Waals surface area contributed by atoms with Gasteiger partial charge in [-0.2, -0.15) is 0 Å². The monoisotopic (exact) mass is 150 g/mol. The molecule has 0 saturated carbocycles. The van der Waals surface area contributed by atoms with Crippen molar-refractivity contribution < 1.29 is 4.52 Å². The summed E-state index contributed by atoms with van der Waals surface area (Å²) >= 11 is 0. The molecule has 11 heavy (non-hydrogen) atoms. The quantitative estimate of drug-likeness (QED) is 0.661. The predicted molar refractivity (Wildman–Crippen MR) is 40.8 cm³/mol. The van der Waals surface area contributed by atoms with E-state index in [1.54, 1.807) is 6.26 Å². The van der Waals surface area contributed by atoms with Crippen LogP contribution in [0.25, 0.3) is 0 Å². The summed E-state index contributed by atoms with van der Waals surface area (Å²) in [6.07, 6.45) is 7.92. The van der Waals surface area contributed by atoms with Crippen LogP contribution in [0.15, 0.2) is 29.1 Å². The van der Waals surface area contributed by atoms with E-state index in [9.17, 15) is 0 Å². The maximum atomic E-state index is 4.75. The number of hydrogen-bond donors (Lipinski definition) is 1. The van der Waals surface area contributed by atoms with E-state index in [1.807, 2.05) is 12.3 Å². The molecule has 58 valence electrons. The van der Waals surface area contributed by atoms with Crippen molar-refractivity contribution in [2.24, 2.45) is 0 Å². The second-order valence-electron chi connectivity index (χ2n) is 2.62. The third-order valence-corrected chi connectivity index (χ3v) is 1.85. The van der Waals surface area contributed by atoms with Gasteiger partial charge in [0.15, 0.2) is 0 Å². The molecule has 2 rings (SSSR count). The molecule has 1 aromatic rings. The van der Waals surface area contributed by atoms with E-state index >= 15 is 0 Å². The summed E-state index contributed by atoms with van der Waals surface area (Å²) in [7, 11) is 0. The first-order valence-corrected chi connectivity index (χ1v) is 3.78. The summed E-state index contributed by atoms with van der Waals surface area (Å²) in [4.78, 5) is 0. The van der Waals surface area contributed by atoms with E-state index in [-0.39, 0.29) is 0 Å². The molecule has 1 N–H and O–H groups in total. The van der Waals surface area contributed by atoms with Gasteiger partial charge in [0.25, 0.3) is 0 Å². The maximum absolute atomic E-state index is 4.75. The first kappa shape index (κ1) is 6.46. The zero-order chi connectivity index (χ0) is 7.52. The summed E-state index contributed by atoms with van der Waals surface area (Å²) in [5, 5.41) is 7.09. The molecule has 2 heterocycles. The fraction of sp³-hybridized carbons (Fsp3) is 0.375. The van der Waals surface area contributed by atoms with Crippen LogP contribution in [0.4, 0.5) is 0 Å². The third kappa shape index (κ3) is 1.27. The molecule has 0 bridgehead atoms. The van der Waals surface area contributed by atoms with Crippen LogP contribution in [0.5, 0.6) is 0 Å². The number of hydrogen-bond acceptors (Lipinski definition) is 3. The normalized spacial score (nSPS) is 23.1. The molecule has 3 nitrogen and oxygen atoms in total. The van der Waals surface area contributed by atoms with E-state index in [0.717, 1.165) is 18.5 Å². The Morgan fingerprint density at radius 1 is 1.64 bits per heavy atom. The van der Waals surface area contributed by atoms with Gasteiger partial charge < -0.3 is 9.84 Å². The smallest absolute Gasteiger partial charge is 0.124 e. The molecular formula is C8H10N2O. The summed E-state index contributed by atoms with van der Waals surface area (Å²) in [6, 6.07) is 2.25. The topological polar surface area (TPSA) is 38.1 Å². The Labute approximate surface area is 65.1 Å². The second kappa shape index (κ2) is 2.78.